The molecule has 4 aromatic rings. The van der Waals surface area contributed by atoms with Crippen molar-refractivity contribution in [1.29, 1.82) is 0 Å². The first-order valence-corrected chi connectivity index (χ1v) is 9.08. The second kappa shape index (κ2) is 7.28. The summed E-state index contributed by atoms with van der Waals surface area (Å²) < 4.78 is 31.5. The van der Waals surface area contributed by atoms with Gasteiger partial charge in [-0.15, -0.1) is 15.3 Å². The normalized spacial score (nSPS) is 11.3. The third-order valence-electron chi connectivity index (χ3n) is 3.93. The van der Waals surface area contributed by atoms with E-state index in [1.165, 1.54) is 0 Å². The monoisotopic (exact) mass is 387 g/mol. The van der Waals surface area contributed by atoms with E-state index in [1.54, 1.807) is 46.2 Å². The van der Waals surface area contributed by atoms with Crippen LogP contribution in [0.3, 0.4) is 0 Å². The molecule has 0 aliphatic rings. The van der Waals surface area contributed by atoms with Crippen LogP contribution in [0, 0.1) is 6.92 Å². The van der Waals surface area contributed by atoms with Gasteiger partial charge in [-0.1, -0.05) is 17.7 Å². The molecule has 0 saturated carbocycles. The van der Waals surface area contributed by atoms with E-state index in [4.69, 9.17) is 0 Å². The van der Waals surface area contributed by atoms with Crippen LogP contribution in [0.5, 0.6) is 5.75 Å². The zero-order valence-corrected chi connectivity index (χ0v) is 15.1. The predicted octanol–water partition coefficient (Wildman–Crippen LogP) is 4.37. The molecule has 0 unspecified atom stereocenters. The van der Waals surface area contributed by atoms with Crippen LogP contribution in [-0.2, 0) is 6.54 Å². The van der Waals surface area contributed by atoms with E-state index in [2.05, 4.69) is 25.3 Å². The van der Waals surface area contributed by atoms with Gasteiger partial charge in [0.25, 0.3) is 0 Å². The summed E-state index contributed by atoms with van der Waals surface area (Å²) in [6.07, 6.45) is 0. The summed E-state index contributed by atoms with van der Waals surface area (Å²) in [4.78, 5) is 0. The molecule has 1 N–H and O–H groups in total. The second-order valence-electron chi connectivity index (χ2n) is 5.87. The fourth-order valence-electron chi connectivity index (χ4n) is 2.70. The van der Waals surface area contributed by atoms with Crippen molar-refractivity contribution in [2.45, 2.75) is 20.1 Å². The number of nitrogens with zero attached hydrogens (tertiary/aromatic N) is 4. The zero-order chi connectivity index (χ0) is 18.8. The minimum Gasteiger partial charge on any atom is -0.434 e. The van der Waals surface area contributed by atoms with Gasteiger partial charge in [0.15, 0.2) is 11.5 Å². The number of rotatable bonds is 6. The molecule has 138 valence electrons. The van der Waals surface area contributed by atoms with Crippen LogP contribution < -0.4 is 10.1 Å². The maximum atomic E-state index is 12.6. The minimum atomic E-state index is -2.87. The Morgan fingerprint density at radius 2 is 2.07 bits per heavy atom. The molecular weight excluding hydrogens is 372 g/mol. The summed E-state index contributed by atoms with van der Waals surface area (Å²) in [7, 11) is 0. The van der Waals surface area contributed by atoms with Gasteiger partial charge >= 0.3 is 6.61 Å². The maximum absolute atomic E-state index is 12.6. The fourth-order valence-corrected chi connectivity index (χ4v) is 3.33. The molecule has 27 heavy (non-hydrogen) atoms. The first kappa shape index (κ1) is 17.3. The van der Waals surface area contributed by atoms with Gasteiger partial charge in [-0.25, -0.2) is 0 Å². The van der Waals surface area contributed by atoms with Crippen LogP contribution in [0.2, 0.25) is 0 Å². The van der Waals surface area contributed by atoms with Crippen molar-refractivity contribution in [2.75, 3.05) is 5.32 Å². The number of aromatic nitrogens is 4. The molecule has 0 radical (unpaired) electrons. The van der Waals surface area contributed by atoms with E-state index in [0.29, 0.717) is 22.9 Å². The Morgan fingerprint density at radius 1 is 1.19 bits per heavy atom. The van der Waals surface area contributed by atoms with Crippen molar-refractivity contribution in [3.8, 4) is 17.1 Å². The van der Waals surface area contributed by atoms with Crippen LogP contribution >= 0.6 is 11.3 Å². The maximum Gasteiger partial charge on any atom is 0.387 e. The van der Waals surface area contributed by atoms with Crippen molar-refractivity contribution >= 4 is 22.8 Å². The lowest BCUT2D eigenvalue weighted by Gasteiger charge is -2.13. The highest BCUT2D eigenvalue weighted by atomic mass is 32.1. The number of benzene rings is 1. The first-order chi connectivity index (χ1) is 13.1. The van der Waals surface area contributed by atoms with Gasteiger partial charge in [0.1, 0.15) is 11.6 Å². The van der Waals surface area contributed by atoms with Gasteiger partial charge in [0.2, 0.25) is 0 Å². The fraction of sp³-hybridized carbons (Fsp3) is 0.167. The minimum absolute atomic E-state index is 0.146. The lowest BCUT2D eigenvalue weighted by atomic mass is 10.1. The molecule has 3 heterocycles. The van der Waals surface area contributed by atoms with Crippen LogP contribution in [0.15, 0.2) is 47.2 Å². The van der Waals surface area contributed by atoms with Crippen molar-refractivity contribution in [3.05, 3.63) is 58.3 Å². The molecule has 0 spiro atoms. The molecule has 3 aromatic heterocycles. The topological polar surface area (TPSA) is 64.3 Å². The molecule has 0 bridgehead atoms. The van der Waals surface area contributed by atoms with Gasteiger partial charge in [-0.2, -0.15) is 24.6 Å². The lowest BCUT2D eigenvalue weighted by Crippen LogP contribution is -2.09. The van der Waals surface area contributed by atoms with E-state index in [1.807, 2.05) is 23.8 Å². The number of hydrogen-bond donors (Lipinski definition) is 1. The molecule has 0 aliphatic carbocycles. The summed E-state index contributed by atoms with van der Waals surface area (Å²) in [5.41, 5.74) is 3.14. The molecule has 0 atom stereocenters. The van der Waals surface area contributed by atoms with E-state index in [9.17, 15) is 8.78 Å². The molecule has 0 saturated heterocycles. The Morgan fingerprint density at radius 3 is 2.85 bits per heavy atom. The SMILES string of the molecule is Cc1ccc(OC(F)F)c(CNc2ccc3nnc(-c4ccsc4)n3n2)c1. The third kappa shape index (κ3) is 3.72. The van der Waals surface area contributed by atoms with Crippen molar-refractivity contribution in [1.82, 2.24) is 19.8 Å². The molecule has 9 heteroatoms. The Hall–Kier alpha value is -3.07. The van der Waals surface area contributed by atoms with Crippen LogP contribution in [0.1, 0.15) is 11.1 Å². The van der Waals surface area contributed by atoms with Gasteiger partial charge in [-0.05, 0) is 36.6 Å². The first-order valence-electron chi connectivity index (χ1n) is 8.13. The van der Waals surface area contributed by atoms with Crippen molar-refractivity contribution in [3.63, 3.8) is 0 Å². The summed E-state index contributed by atoms with van der Waals surface area (Å²) >= 11 is 1.57. The van der Waals surface area contributed by atoms with Crippen LogP contribution in [0.4, 0.5) is 14.6 Å². The number of alkyl halides is 2. The predicted molar refractivity (Wildman–Crippen MR) is 99.2 cm³/mol. The van der Waals surface area contributed by atoms with Gasteiger partial charge in [0.05, 0.1) is 0 Å². The van der Waals surface area contributed by atoms with E-state index in [-0.39, 0.29) is 12.3 Å². The van der Waals surface area contributed by atoms with Crippen LogP contribution in [-0.4, -0.2) is 26.4 Å². The third-order valence-corrected chi connectivity index (χ3v) is 4.62. The smallest absolute Gasteiger partial charge is 0.387 e. The average molecular weight is 387 g/mol. The number of thiophene rings is 1. The summed E-state index contributed by atoms with van der Waals surface area (Å²) in [5, 5.41) is 19.9. The van der Waals surface area contributed by atoms with E-state index < -0.39 is 6.61 Å². The highest BCUT2D eigenvalue weighted by Gasteiger charge is 2.12. The van der Waals surface area contributed by atoms with E-state index in [0.717, 1.165) is 11.1 Å². The highest BCUT2D eigenvalue weighted by molar-refractivity contribution is 7.08. The van der Waals surface area contributed by atoms with Crippen molar-refractivity contribution in [2.24, 2.45) is 0 Å². The number of fused-ring (bicyclic) bond motifs is 1. The standard InChI is InChI=1S/C18H15F2N5OS/c1-11-2-3-14(26-18(19)20)13(8-11)9-21-15-4-5-16-22-23-17(25(16)24-15)12-6-7-27-10-12/h2-8,10,18H,9H2,1H3,(H,21,24). The Balaban J connectivity index is 1.59. The van der Waals surface area contributed by atoms with Gasteiger partial charge in [-0.3, -0.25) is 0 Å². The van der Waals surface area contributed by atoms with Gasteiger partial charge < -0.3 is 10.1 Å². The van der Waals surface area contributed by atoms with Crippen LogP contribution in [0.25, 0.3) is 17.0 Å². The highest BCUT2D eigenvalue weighted by Crippen LogP contribution is 2.24. The average Bonchev–Trinajstić information content (AvgIpc) is 3.30. The molecule has 0 fully saturated rings. The molecular formula is C18H15F2N5OS. The quantitative estimate of drug-likeness (QED) is 0.532. The number of halogens is 2. The molecule has 4 rings (SSSR count). The number of nitrogens with one attached hydrogen (secondary N) is 1. The lowest BCUT2D eigenvalue weighted by molar-refractivity contribution is -0.0504. The summed E-state index contributed by atoms with van der Waals surface area (Å²) in [5.74, 6) is 1.36. The van der Waals surface area contributed by atoms with E-state index >= 15 is 0 Å². The Bertz CT molecular complexity index is 1070. The number of ether oxygens (including phenoxy) is 1. The molecule has 0 aliphatic heterocycles. The summed E-state index contributed by atoms with van der Waals surface area (Å²) in [6, 6.07) is 10.6. The number of aryl methyl sites for hydroxylation is 1. The largest absolute Gasteiger partial charge is 0.434 e. The Labute approximate surface area is 157 Å². The molecule has 1 aromatic carbocycles. The zero-order valence-electron chi connectivity index (χ0n) is 14.3. The molecule has 0 amide bonds. The number of anilines is 1. The Kier molecular flexibility index (Phi) is 4.68. The second-order valence-corrected chi connectivity index (χ2v) is 6.65. The number of hydrogen-bond acceptors (Lipinski definition) is 6. The van der Waals surface area contributed by atoms with Crippen molar-refractivity contribution < 1.29 is 13.5 Å². The summed E-state index contributed by atoms with van der Waals surface area (Å²) in [6.45, 7) is -0.686. The molecule has 6 nitrogen and oxygen atoms in total. The van der Waals surface area contributed by atoms with Gasteiger partial charge in [0, 0.05) is 23.1 Å².